The lowest BCUT2D eigenvalue weighted by molar-refractivity contribution is -0.138. The summed E-state index contributed by atoms with van der Waals surface area (Å²) < 4.78 is 76.6. The van der Waals surface area contributed by atoms with Gasteiger partial charge in [0.1, 0.15) is 6.04 Å². The van der Waals surface area contributed by atoms with E-state index in [1.807, 2.05) is 57.2 Å². The normalized spacial score (nSPS) is 30.8. The van der Waals surface area contributed by atoms with Gasteiger partial charge in [0, 0.05) is 125 Å². The first-order valence-corrected chi connectivity index (χ1v) is 38.7. The zero-order valence-electron chi connectivity index (χ0n) is 59.9. The Morgan fingerprint density at radius 2 is 0.729 bits per heavy atom. The van der Waals surface area contributed by atoms with E-state index in [4.69, 9.17) is 16.9 Å². The van der Waals surface area contributed by atoms with E-state index in [9.17, 15) is 64.7 Å². The molecular weight excluding hydrogens is 1410 g/mol. The molecule has 21 nitrogen and oxygen atoms in total. The van der Waals surface area contributed by atoms with Crippen molar-refractivity contribution in [2.75, 3.05) is 72.0 Å². The molecule has 8 heterocycles. The zero-order valence-corrected chi connectivity index (χ0v) is 60.6. The number of rotatable bonds is 16. The van der Waals surface area contributed by atoms with E-state index in [1.54, 1.807) is 11.0 Å². The highest BCUT2D eigenvalue weighted by atomic mass is 35.5. The first-order valence-electron chi connectivity index (χ1n) is 38.3. The van der Waals surface area contributed by atoms with Crippen LogP contribution < -0.4 is 42.5 Å². The van der Waals surface area contributed by atoms with Crippen LogP contribution in [0.1, 0.15) is 160 Å². The maximum atomic E-state index is 12.9. The summed E-state index contributed by atoms with van der Waals surface area (Å²) in [7, 11) is 0. The molecule has 8 aliphatic heterocycles. The number of alkyl halides is 6. The molecule has 8 amide bonds. The van der Waals surface area contributed by atoms with Gasteiger partial charge in [-0.1, -0.05) is 84.4 Å². The van der Waals surface area contributed by atoms with Gasteiger partial charge >= 0.3 is 12.4 Å². The van der Waals surface area contributed by atoms with Crippen molar-refractivity contribution in [1.29, 1.82) is 5.26 Å². The van der Waals surface area contributed by atoms with E-state index in [1.165, 1.54) is 35.4 Å². The summed E-state index contributed by atoms with van der Waals surface area (Å²) in [6.45, 7) is 7.58. The minimum Gasteiger partial charge on any atom is -0.352 e. The molecule has 0 bridgehead atoms. The number of hydrogen-bond donors (Lipinski definition) is 8. The highest BCUT2D eigenvalue weighted by Crippen LogP contribution is 2.46. The van der Waals surface area contributed by atoms with Crippen molar-refractivity contribution in [3.8, 4) is 6.07 Å². The molecule has 17 atom stereocenters. The predicted molar refractivity (Wildman–Crippen MR) is 385 cm³/mol. The van der Waals surface area contributed by atoms with E-state index < -0.39 is 23.5 Å². The Hall–Kier alpha value is -8.16. The van der Waals surface area contributed by atoms with Crippen molar-refractivity contribution in [3.05, 3.63) is 142 Å². The van der Waals surface area contributed by atoms with Crippen LogP contribution >= 0.6 is 11.6 Å². The molecule has 12 aliphatic rings. The van der Waals surface area contributed by atoms with Gasteiger partial charge in [-0.3, -0.25) is 38.4 Å². The summed E-state index contributed by atoms with van der Waals surface area (Å²) in [5.41, 5.74) is 2.58. The highest BCUT2D eigenvalue weighted by molar-refractivity contribution is 6.30. The average Bonchev–Trinajstić information content (AvgIpc) is 1.66. The standard InChI is InChI=1S/2C20H24F3N3O2.C20H24N4O2.C19H24ClN3O2/c21-20(22,23)14-5-3-12(4-6-14)15-10-16(15)25-18(27)13-9-17(24-11-13)19(28)26-7-1-2-8-26;21-20(22,23)14-5-3-4-12(8-14)15-10-16(15)25-18(27)13-9-17(24-11-13)19(28)26-6-1-2-7-26;21-11-15-7-4-8-24(15)20(26)18-9-14(12-22-18)19(25)23-17-10-16(17)13-5-2-1-3-6-13;20-14-5-3-12(4-6-14)15-10-16(15)22-18(24)13-9-17(21-11-13)19(25)23-7-1-2-8-23/h3-6,13,15-17,24H,1-2,7-11H2,(H,25,27);3-5,8,13,15-17,24H,1-2,6-7,9-11H2,(H,25,27);1-3,5-6,14-18,22H,4,7-10,12H2,(H,23,25);3-6,13,15-17,21H,1-2,7-11H2,(H,22,24)/t2*13-,15?,16-,17-;14-,15-,16-,17+,18-;13-,15?,16-,17-/m0000/s1. The largest absolute Gasteiger partial charge is 0.416 e. The Morgan fingerprint density at radius 3 is 1.09 bits per heavy atom. The van der Waals surface area contributed by atoms with E-state index in [-0.39, 0.29) is 137 Å². The molecule has 4 aromatic carbocycles. The van der Waals surface area contributed by atoms with Gasteiger partial charge in [-0.25, -0.2) is 0 Å². The van der Waals surface area contributed by atoms with Crippen molar-refractivity contribution in [1.82, 2.24) is 62.1 Å². The first kappa shape index (κ1) is 77.0. The molecule has 4 aromatic rings. The topological polar surface area (TPSA) is 270 Å². The van der Waals surface area contributed by atoms with E-state index >= 15 is 0 Å². The van der Waals surface area contributed by atoms with Crippen LogP contribution in [-0.2, 0) is 50.7 Å². The maximum Gasteiger partial charge on any atom is 0.416 e. The van der Waals surface area contributed by atoms with Crippen LogP contribution in [0.3, 0.4) is 0 Å². The Balaban J connectivity index is 0.000000126. The molecule has 0 spiro atoms. The number of halogens is 7. The van der Waals surface area contributed by atoms with Crippen molar-refractivity contribution in [2.45, 2.75) is 193 Å². The van der Waals surface area contributed by atoms with Gasteiger partial charge < -0.3 is 62.1 Å². The number of carbonyl (C=O) groups is 8. The molecule has 4 aliphatic carbocycles. The average molecular weight is 1510 g/mol. The van der Waals surface area contributed by atoms with E-state index in [2.05, 4.69) is 60.7 Å². The molecule has 4 saturated carbocycles. The molecule has 0 aromatic heterocycles. The monoisotopic (exact) mass is 1500 g/mol. The summed E-state index contributed by atoms with van der Waals surface area (Å²) in [5, 5.41) is 34.9. The van der Waals surface area contributed by atoms with Gasteiger partial charge in [-0.2, -0.15) is 31.6 Å². The fourth-order valence-electron chi connectivity index (χ4n) is 16.7. The van der Waals surface area contributed by atoms with Crippen molar-refractivity contribution < 1.29 is 64.7 Å². The fraction of sp³-hybridized carbons (Fsp3) is 0.582. The van der Waals surface area contributed by atoms with Gasteiger partial charge in [-0.15, -0.1) is 0 Å². The Morgan fingerprint density at radius 1 is 0.393 bits per heavy atom. The molecule has 16 rings (SSSR count). The molecule has 3 unspecified atom stereocenters. The fourth-order valence-corrected chi connectivity index (χ4v) is 16.8. The van der Waals surface area contributed by atoms with Gasteiger partial charge in [0.15, 0.2) is 0 Å². The lowest BCUT2D eigenvalue weighted by Gasteiger charge is -2.23. The smallest absolute Gasteiger partial charge is 0.352 e. The number of carbonyl (C=O) groups excluding carboxylic acids is 8. The molecule has 8 N–H and O–H groups in total. The van der Waals surface area contributed by atoms with Gasteiger partial charge in [0.2, 0.25) is 47.3 Å². The third-order valence-electron chi connectivity index (χ3n) is 23.4. The zero-order chi connectivity index (χ0) is 75.3. The molecule has 12 fully saturated rings. The Bertz CT molecular complexity index is 3890. The van der Waals surface area contributed by atoms with E-state index in [0.717, 1.165) is 139 Å². The van der Waals surface area contributed by atoms with Gasteiger partial charge in [0.05, 0.1) is 65.0 Å². The second-order valence-electron chi connectivity index (χ2n) is 31.0. The third kappa shape index (κ3) is 19.5. The van der Waals surface area contributed by atoms with Crippen LogP contribution in [0.25, 0.3) is 0 Å². The minimum atomic E-state index is -4.37. The quantitative estimate of drug-likeness (QED) is 0.0503. The third-order valence-corrected chi connectivity index (χ3v) is 23.7. The van der Waals surface area contributed by atoms with Crippen LogP contribution in [-0.4, -0.2) is 193 Å². The van der Waals surface area contributed by atoms with Crippen LogP contribution in [0.5, 0.6) is 0 Å². The maximum absolute atomic E-state index is 12.9. The van der Waals surface area contributed by atoms with Crippen LogP contribution in [0.15, 0.2) is 103 Å². The first-order chi connectivity index (χ1) is 51.4. The summed E-state index contributed by atoms with van der Waals surface area (Å²) in [6, 6.07) is 29.5. The molecular formula is C79H96ClF6N13O8. The summed E-state index contributed by atoms with van der Waals surface area (Å²) in [5.74, 6) is 0.166. The van der Waals surface area contributed by atoms with Crippen molar-refractivity contribution >= 4 is 58.9 Å². The summed E-state index contributed by atoms with van der Waals surface area (Å²) >= 11 is 5.92. The molecule has 574 valence electrons. The highest BCUT2D eigenvalue weighted by Gasteiger charge is 2.48. The number of benzene rings is 4. The Kier molecular flexibility index (Phi) is 24.3. The van der Waals surface area contributed by atoms with Crippen molar-refractivity contribution in [2.24, 2.45) is 23.7 Å². The molecule has 8 saturated heterocycles. The minimum absolute atomic E-state index is 0.0297. The van der Waals surface area contributed by atoms with Crippen LogP contribution in [0, 0.1) is 35.0 Å². The van der Waals surface area contributed by atoms with Gasteiger partial charge in [-0.05, 0) is 155 Å². The molecule has 0 radical (unpaired) electrons. The lowest BCUT2D eigenvalue weighted by atomic mass is 10.0. The number of nitrogens with one attached hydrogen (secondary N) is 8. The SMILES string of the molecule is N#C[C@@H]1CCCN1C(=O)[C@@H]1C[C@H](C(=O)N[C@@H]2C[C@H]2c2ccccc2)CN1.O=C(N[C@H]1CC1c1ccc(C(F)(F)F)cc1)[C@@H]1CN[C@H](C(=O)N2CCCC2)C1.O=C(N[C@H]1CC1c1ccc(Cl)cc1)[C@@H]1CN[C@H](C(=O)N2CCCC2)C1.O=C(N[C@H]1CC1c1cccc(C(F)(F)F)c1)[C@@H]1CN[C@H](C(=O)N2CCCC2)C1. The molecule has 107 heavy (non-hydrogen) atoms. The Labute approximate surface area is 624 Å². The number of nitriles is 1. The van der Waals surface area contributed by atoms with E-state index in [0.29, 0.717) is 82.2 Å². The second kappa shape index (κ2) is 33.8. The summed E-state index contributed by atoms with van der Waals surface area (Å²) in [4.78, 5) is 107. The van der Waals surface area contributed by atoms with Crippen LogP contribution in [0.4, 0.5) is 26.3 Å². The number of likely N-dealkylation sites (tertiary alicyclic amines) is 4. The predicted octanol–water partition coefficient (Wildman–Crippen LogP) is 7.62. The number of hydrogen-bond acceptors (Lipinski definition) is 13. The molecule has 28 heteroatoms. The number of amides is 8. The summed E-state index contributed by atoms with van der Waals surface area (Å²) in [6.07, 6.45) is 4.67. The van der Waals surface area contributed by atoms with Crippen molar-refractivity contribution in [3.63, 3.8) is 0 Å². The lowest BCUT2D eigenvalue weighted by Crippen LogP contribution is -2.45. The second-order valence-corrected chi connectivity index (χ2v) is 31.5. The van der Waals surface area contributed by atoms with Gasteiger partial charge in [0.25, 0.3) is 0 Å². The number of nitrogens with zero attached hydrogens (tertiary/aromatic N) is 5. The van der Waals surface area contributed by atoms with Crippen LogP contribution in [0.2, 0.25) is 5.02 Å².